The Hall–Kier alpha value is -3.05. The normalized spacial score (nSPS) is 21.4. The molecule has 0 radical (unpaired) electrons. The second kappa shape index (κ2) is 10.7. The van der Waals surface area contributed by atoms with Gasteiger partial charge in [-0.05, 0) is 23.8 Å². The Kier molecular flexibility index (Phi) is 7.98. The molecule has 0 aromatic heterocycles. The first-order valence-electron chi connectivity index (χ1n) is 11.6. The molecule has 2 aliphatic rings. The van der Waals surface area contributed by atoms with Crippen molar-refractivity contribution >= 4 is 17.8 Å². The van der Waals surface area contributed by atoms with Gasteiger partial charge in [-0.3, -0.25) is 9.59 Å². The quantitative estimate of drug-likeness (QED) is 0.642. The highest BCUT2D eigenvalue weighted by molar-refractivity contribution is 5.91. The molecule has 33 heavy (non-hydrogen) atoms. The lowest BCUT2D eigenvalue weighted by molar-refractivity contribution is -0.191. The van der Waals surface area contributed by atoms with Gasteiger partial charge >= 0.3 is 6.03 Å². The van der Waals surface area contributed by atoms with Crippen LogP contribution in [0.25, 0.3) is 0 Å². The number of urea groups is 1. The van der Waals surface area contributed by atoms with Gasteiger partial charge in [-0.2, -0.15) is 5.01 Å². The first kappa shape index (κ1) is 24.6. The molecule has 2 atom stereocenters. The summed E-state index contributed by atoms with van der Waals surface area (Å²) >= 11 is 0. The van der Waals surface area contributed by atoms with Gasteiger partial charge < -0.3 is 15.1 Å². The van der Waals surface area contributed by atoms with Gasteiger partial charge in [0.15, 0.2) is 0 Å². The second-order valence-corrected chi connectivity index (χ2v) is 9.45. The molecule has 0 unspecified atom stereocenters. The second-order valence-electron chi connectivity index (χ2n) is 9.45. The summed E-state index contributed by atoms with van der Waals surface area (Å²) in [7, 11) is 0. The minimum Gasteiger partial charge on any atom is -0.337 e. The zero-order valence-electron chi connectivity index (χ0n) is 20.0. The molecule has 178 valence electrons. The summed E-state index contributed by atoms with van der Waals surface area (Å²) in [6, 6.07) is 8.68. The smallest absolute Gasteiger partial charge is 0.334 e. The van der Waals surface area contributed by atoms with Gasteiger partial charge in [0.2, 0.25) is 11.8 Å². The van der Waals surface area contributed by atoms with Crippen molar-refractivity contribution in [2.75, 3.05) is 26.2 Å². The molecule has 0 aliphatic carbocycles. The zero-order valence-corrected chi connectivity index (χ0v) is 20.0. The Bertz CT molecular complexity index is 895. The van der Waals surface area contributed by atoms with E-state index in [2.05, 4.69) is 25.1 Å². The third-order valence-electron chi connectivity index (χ3n) is 6.14. The molecule has 8 heteroatoms. The van der Waals surface area contributed by atoms with Crippen LogP contribution in [0.5, 0.6) is 0 Å². The van der Waals surface area contributed by atoms with Crippen molar-refractivity contribution in [2.24, 2.45) is 11.8 Å². The Morgan fingerprint density at radius 1 is 1.18 bits per heavy atom. The largest absolute Gasteiger partial charge is 0.337 e. The number of terminal acetylenes is 1. The highest BCUT2D eigenvalue weighted by atomic mass is 16.2. The lowest BCUT2D eigenvalue weighted by atomic mass is 9.95. The maximum Gasteiger partial charge on any atom is 0.334 e. The van der Waals surface area contributed by atoms with Crippen LogP contribution in [0.1, 0.15) is 39.7 Å². The van der Waals surface area contributed by atoms with Gasteiger partial charge in [0.1, 0.15) is 12.2 Å². The van der Waals surface area contributed by atoms with Crippen LogP contribution in [0.4, 0.5) is 4.79 Å². The minimum atomic E-state index is -0.610. The van der Waals surface area contributed by atoms with Gasteiger partial charge in [-0.15, -0.1) is 6.42 Å². The topological polar surface area (TPSA) is 76.2 Å². The molecule has 2 heterocycles. The van der Waals surface area contributed by atoms with Crippen molar-refractivity contribution in [3.05, 3.63) is 35.9 Å². The van der Waals surface area contributed by atoms with Crippen LogP contribution < -0.4 is 5.32 Å². The molecule has 4 amide bonds. The van der Waals surface area contributed by atoms with Gasteiger partial charge in [-0.25, -0.2) is 9.80 Å². The average Bonchev–Trinajstić information content (AvgIpc) is 2.77. The number of rotatable bonds is 7. The molecule has 8 nitrogen and oxygen atoms in total. The van der Waals surface area contributed by atoms with E-state index >= 15 is 0 Å². The van der Waals surface area contributed by atoms with Gasteiger partial charge in [-0.1, -0.05) is 63.9 Å². The molecule has 1 aromatic rings. The number of hydrogen-bond acceptors (Lipinski definition) is 4. The van der Waals surface area contributed by atoms with Crippen LogP contribution >= 0.6 is 0 Å². The minimum absolute atomic E-state index is 0.0397. The maximum atomic E-state index is 13.4. The molecule has 0 spiro atoms. The number of benzene rings is 1. The molecule has 2 saturated heterocycles. The molecule has 0 saturated carbocycles. The fraction of sp³-hybridized carbons (Fsp3) is 0.560. The van der Waals surface area contributed by atoms with E-state index in [-0.39, 0.29) is 43.4 Å². The predicted molar refractivity (Wildman–Crippen MR) is 126 cm³/mol. The summed E-state index contributed by atoms with van der Waals surface area (Å²) in [5, 5.41) is 6.12. The Morgan fingerprint density at radius 2 is 1.88 bits per heavy atom. The number of carbonyl (C=O) groups is 3. The number of hydrogen-bond donors (Lipinski definition) is 1. The molecule has 2 aliphatic heterocycles. The molecule has 3 rings (SSSR count). The van der Waals surface area contributed by atoms with Crippen LogP contribution in [0, 0.1) is 24.2 Å². The van der Waals surface area contributed by atoms with E-state index in [0.717, 1.165) is 12.0 Å². The van der Waals surface area contributed by atoms with Crippen LogP contribution in [0.3, 0.4) is 0 Å². The zero-order chi connectivity index (χ0) is 24.1. The van der Waals surface area contributed by atoms with Crippen LogP contribution in [0.15, 0.2) is 30.3 Å². The number of piperazine rings is 1. The van der Waals surface area contributed by atoms with Crippen molar-refractivity contribution in [1.82, 2.24) is 25.1 Å². The summed E-state index contributed by atoms with van der Waals surface area (Å²) in [6.45, 7) is 9.39. The summed E-state index contributed by atoms with van der Waals surface area (Å²) in [6.07, 6.45) is 5.82. The maximum absolute atomic E-state index is 13.4. The Morgan fingerprint density at radius 3 is 2.48 bits per heavy atom. The van der Waals surface area contributed by atoms with Crippen molar-refractivity contribution in [1.29, 1.82) is 0 Å². The molecule has 2 fully saturated rings. The van der Waals surface area contributed by atoms with Crippen LogP contribution in [-0.4, -0.2) is 76.0 Å². The molecular weight excluding hydrogens is 418 g/mol. The predicted octanol–water partition coefficient (Wildman–Crippen LogP) is 2.13. The molecular formula is C25H35N5O3. The first-order chi connectivity index (χ1) is 15.7. The van der Waals surface area contributed by atoms with E-state index in [4.69, 9.17) is 6.42 Å². The standard InChI is InChI=1S/C25H35N5O3/c1-6-13-28-17-22(31)29-21(30(28)25(33)26-15-20-10-8-7-9-11-20)16-27(14-12-18(2)3)24(32)23(29)19(4)5/h1,7-11,18-19,21,23H,12-17H2,2-5H3,(H,26,33)/t21-,23-/m0/s1. The van der Waals surface area contributed by atoms with Gasteiger partial charge in [0, 0.05) is 13.1 Å². The third-order valence-corrected chi connectivity index (χ3v) is 6.14. The fourth-order valence-corrected chi connectivity index (χ4v) is 4.46. The number of carbonyl (C=O) groups excluding carboxylic acids is 3. The SMILES string of the molecule is C#CCN1CC(=O)N2[C@@H](C(C)C)C(=O)N(CCC(C)C)C[C@@H]2N1C(=O)NCc1ccccc1. The highest BCUT2D eigenvalue weighted by Crippen LogP contribution is 2.30. The summed E-state index contributed by atoms with van der Waals surface area (Å²) in [4.78, 5) is 43.3. The Labute approximate surface area is 196 Å². The van der Waals surface area contributed by atoms with E-state index in [1.165, 1.54) is 0 Å². The Balaban J connectivity index is 1.91. The molecule has 1 aromatic carbocycles. The monoisotopic (exact) mass is 453 g/mol. The molecule has 1 N–H and O–H groups in total. The molecule has 0 bridgehead atoms. The van der Waals surface area contributed by atoms with Crippen molar-refractivity contribution in [2.45, 2.75) is 52.9 Å². The van der Waals surface area contributed by atoms with E-state index in [1.807, 2.05) is 44.2 Å². The van der Waals surface area contributed by atoms with E-state index < -0.39 is 12.2 Å². The van der Waals surface area contributed by atoms with Crippen molar-refractivity contribution in [3.63, 3.8) is 0 Å². The first-order valence-corrected chi connectivity index (χ1v) is 11.6. The summed E-state index contributed by atoms with van der Waals surface area (Å²) < 4.78 is 0. The highest BCUT2D eigenvalue weighted by Gasteiger charge is 2.51. The lowest BCUT2D eigenvalue weighted by Crippen LogP contribution is -2.77. The number of nitrogens with zero attached hydrogens (tertiary/aromatic N) is 4. The lowest BCUT2D eigenvalue weighted by Gasteiger charge is -2.55. The number of hydrazine groups is 1. The number of amides is 4. The third kappa shape index (κ3) is 5.48. The average molecular weight is 454 g/mol. The van der Waals surface area contributed by atoms with E-state index in [9.17, 15) is 14.4 Å². The van der Waals surface area contributed by atoms with Crippen molar-refractivity contribution in [3.8, 4) is 12.3 Å². The van der Waals surface area contributed by atoms with Crippen LogP contribution in [0.2, 0.25) is 0 Å². The fourth-order valence-electron chi connectivity index (χ4n) is 4.46. The van der Waals surface area contributed by atoms with Crippen LogP contribution in [-0.2, 0) is 16.1 Å². The van der Waals surface area contributed by atoms with Crippen molar-refractivity contribution < 1.29 is 14.4 Å². The number of fused-ring (bicyclic) bond motifs is 1. The van der Waals surface area contributed by atoms with Gasteiger partial charge in [0.25, 0.3) is 0 Å². The number of nitrogens with one attached hydrogen (secondary N) is 1. The summed E-state index contributed by atoms with van der Waals surface area (Å²) in [5.41, 5.74) is 0.969. The van der Waals surface area contributed by atoms with Gasteiger partial charge in [0.05, 0.1) is 19.6 Å². The summed E-state index contributed by atoms with van der Waals surface area (Å²) in [5.74, 6) is 2.68. The van der Waals surface area contributed by atoms with E-state index in [0.29, 0.717) is 19.0 Å². The van der Waals surface area contributed by atoms with E-state index in [1.54, 1.807) is 19.8 Å².